The standard InChI is InChI=1S/C17H24N4O2S/c1-12-5-6-16(11-13(12)2)24(22,23)21-9-7-20(8-10-21)17-14(3)18-19-15(17)4/h5-6,11H,7-10H2,1-4H3,(H,18,19). The fraction of sp³-hybridized carbons (Fsp3) is 0.471. The summed E-state index contributed by atoms with van der Waals surface area (Å²) >= 11 is 0. The van der Waals surface area contributed by atoms with E-state index in [4.69, 9.17) is 0 Å². The van der Waals surface area contributed by atoms with Crippen LogP contribution < -0.4 is 4.90 Å². The number of nitrogens with one attached hydrogen (secondary N) is 1. The Morgan fingerprint density at radius 2 is 1.67 bits per heavy atom. The van der Waals surface area contributed by atoms with Gasteiger partial charge in [0.1, 0.15) is 0 Å². The lowest BCUT2D eigenvalue weighted by Crippen LogP contribution is -2.49. The molecule has 24 heavy (non-hydrogen) atoms. The molecular weight excluding hydrogens is 324 g/mol. The number of aromatic amines is 1. The number of rotatable bonds is 3. The third-order valence-corrected chi connectivity index (χ3v) is 6.65. The maximum atomic E-state index is 12.9. The molecule has 0 bridgehead atoms. The molecule has 0 atom stereocenters. The van der Waals surface area contributed by atoms with Crippen LogP contribution in [0.2, 0.25) is 0 Å². The maximum absolute atomic E-state index is 12.9. The van der Waals surface area contributed by atoms with Crippen LogP contribution in [-0.4, -0.2) is 49.1 Å². The smallest absolute Gasteiger partial charge is 0.243 e. The normalized spacial score (nSPS) is 16.6. The molecule has 1 aromatic carbocycles. The SMILES string of the molecule is Cc1ccc(S(=O)(=O)N2CCN(c3c(C)n[nH]c3C)CC2)cc1C. The number of piperazine rings is 1. The van der Waals surface area contributed by atoms with E-state index in [1.165, 1.54) is 0 Å². The van der Waals surface area contributed by atoms with Crippen molar-refractivity contribution in [1.29, 1.82) is 0 Å². The van der Waals surface area contributed by atoms with Crippen LogP contribution in [-0.2, 0) is 10.0 Å². The van der Waals surface area contributed by atoms with Gasteiger partial charge in [0.15, 0.2) is 0 Å². The zero-order chi connectivity index (χ0) is 17.5. The number of aromatic nitrogens is 2. The van der Waals surface area contributed by atoms with Crippen LogP contribution in [0.4, 0.5) is 5.69 Å². The molecule has 1 N–H and O–H groups in total. The number of anilines is 1. The Morgan fingerprint density at radius 1 is 1.00 bits per heavy atom. The van der Waals surface area contributed by atoms with Gasteiger partial charge in [-0.1, -0.05) is 6.07 Å². The van der Waals surface area contributed by atoms with E-state index in [0.29, 0.717) is 31.1 Å². The van der Waals surface area contributed by atoms with Crippen LogP contribution in [0.5, 0.6) is 0 Å². The number of hydrogen-bond donors (Lipinski definition) is 1. The minimum absolute atomic E-state index is 0.384. The van der Waals surface area contributed by atoms with Gasteiger partial charge in [0.25, 0.3) is 0 Å². The molecule has 6 nitrogen and oxygen atoms in total. The number of aryl methyl sites for hydroxylation is 4. The van der Waals surface area contributed by atoms with Crippen molar-refractivity contribution in [2.75, 3.05) is 31.1 Å². The molecule has 130 valence electrons. The summed E-state index contributed by atoms with van der Waals surface area (Å²) in [6, 6.07) is 5.34. The van der Waals surface area contributed by atoms with Crippen molar-refractivity contribution >= 4 is 15.7 Å². The molecular formula is C17H24N4O2S. The predicted octanol–water partition coefficient (Wildman–Crippen LogP) is 2.15. The summed E-state index contributed by atoms with van der Waals surface area (Å²) in [4.78, 5) is 2.59. The highest BCUT2D eigenvalue weighted by molar-refractivity contribution is 7.89. The molecule has 1 fully saturated rings. The van der Waals surface area contributed by atoms with E-state index < -0.39 is 10.0 Å². The second-order valence-electron chi connectivity index (χ2n) is 6.42. The van der Waals surface area contributed by atoms with Gasteiger partial charge in [0, 0.05) is 26.2 Å². The number of H-pyrrole nitrogens is 1. The summed E-state index contributed by atoms with van der Waals surface area (Å²) in [6.45, 7) is 10.2. The Balaban J connectivity index is 1.77. The molecule has 0 saturated carbocycles. The average molecular weight is 348 g/mol. The molecule has 1 aliphatic rings. The molecule has 0 amide bonds. The third-order valence-electron chi connectivity index (χ3n) is 4.76. The highest BCUT2D eigenvalue weighted by Gasteiger charge is 2.30. The van der Waals surface area contributed by atoms with Crippen LogP contribution in [0.15, 0.2) is 23.1 Å². The Bertz CT molecular complexity index is 830. The number of hydrogen-bond acceptors (Lipinski definition) is 4. The molecule has 0 radical (unpaired) electrons. The first-order valence-electron chi connectivity index (χ1n) is 8.14. The third kappa shape index (κ3) is 2.93. The van der Waals surface area contributed by atoms with E-state index >= 15 is 0 Å². The van der Waals surface area contributed by atoms with Gasteiger partial charge in [0.2, 0.25) is 10.0 Å². The fourth-order valence-electron chi connectivity index (χ4n) is 3.19. The van der Waals surface area contributed by atoms with Gasteiger partial charge in [-0.05, 0) is 51.0 Å². The van der Waals surface area contributed by atoms with Gasteiger partial charge in [-0.2, -0.15) is 9.40 Å². The summed E-state index contributed by atoms with van der Waals surface area (Å²) in [5.74, 6) is 0. The summed E-state index contributed by atoms with van der Waals surface area (Å²) in [5, 5.41) is 7.22. The van der Waals surface area contributed by atoms with E-state index in [0.717, 1.165) is 28.2 Å². The second-order valence-corrected chi connectivity index (χ2v) is 8.36. The minimum Gasteiger partial charge on any atom is -0.366 e. The second kappa shape index (κ2) is 6.22. The first kappa shape index (κ1) is 17.0. The van der Waals surface area contributed by atoms with E-state index in [-0.39, 0.29) is 0 Å². The molecule has 1 aliphatic heterocycles. The highest BCUT2D eigenvalue weighted by Crippen LogP contribution is 2.25. The molecule has 0 unspecified atom stereocenters. The van der Waals surface area contributed by atoms with Crippen LogP contribution in [0.3, 0.4) is 0 Å². The topological polar surface area (TPSA) is 69.3 Å². The lowest BCUT2D eigenvalue weighted by Gasteiger charge is -2.35. The summed E-state index contributed by atoms with van der Waals surface area (Å²) < 4.78 is 27.3. The van der Waals surface area contributed by atoms with Gasteiger partial charge in [0.05, 0.1) is 22.0 Å². The molecule has 2 heterocycles. The molecule has 0 spiro atoms. The van der Waals surface area contributed by atoms with Gasteiger partial charge in [-0.25, -0.2) is 8.42 Å². The first-order chi connectivity index (χ1) is 11.3. The van der Waals surface area contributed by atoms with Crippen molar-refractivity contribution in [1.82, 2.24) is 14.5 Å². The molecule has 1 saturated heterocycles. The number of sulfonamides is 1. The lowest BCUT2D eigenvalue weighted by molar-refractivity contribution is 0.384. The lowest BCUT2D eigenvalue weighted by atomic mass is 10.1. The molecule has 0 aliphatic carbocycles. The van der Waals surface area contributed by atoms with Crippen LogP contribution in [0.25, 0.3) is 0 Å². The molecule has 7 heteroatoms. The minimum atomic E-state index is -3.43. The summed E-state index contributed by atoms with van der Waals surface area (Å²) in [6.07, 6.45) is 0. The van der Waals surface area contributed by atoms with Crippen molar-refractivity contribution in [3.05, 3.63) is 40.7 Å². The van der Waals surface area contributed by atoms with Crippen molar-refractivity contribution in [3.63, 3.8) is 0 Å². The average Bonchev–Trinajstić information content (AvgIpc) is 2.89. The number of nitrogens with zero attached hydrogens (tertiary/aromatic N) is 3. The zero-order valence-corrected chi connectivity index (χ0v) is 15.4. The molecule has 1 aromatic heterocycles. The Kier molecular flexibility index (Phi) is 4.40. The van der Waals surface area contributed by atoms with Crippen molar-refractivity contribution in [2.45, 2.75) is 32.6 Å². The largest absolute Gasteiger partial charge is 0.366 e. The van der Waals surface area contributed by atoms with Gasteiger partial charge in [-0.15, -0.1) is 0 Å². The van der Waals surface area contributed by atoms with Crippen LogP contribution in [0, 0.1) is 27.7 Å². The molecule has 2 aromatic rings. The zero-order valence-electron chi connectivity index (χ0n) is 14.6. The van der Waals surface area contributed by atoms with Gasteiger partial charge in [-0.3, -0.25) is 5.10 Å². The van der Waals surface area contributed by atoms with E-state index in [9.17, 15) is 8.42 Å². The van der Waals surface area contributed by atoms with Crippen LogP contribution in [0.1, 0.15) is 22.5 Å². The van der Waals surface area contributed by atoms with Gasteiger partial charge < -0.3 is 4.90 Å². The predicted molar refractivity (Wildman–Crippen MR) is 94.9 cm³/mol. The van der Waals surface area contributed by atoms with Crippen molar-refractivity contribution < 1.29 is 8.42 Å². The van der Waals surface area contributed by atoms with E-state index in [1.807, 2.05) is 33.8 Å². The fourth-order valence-corrected chi connectivity index (χ4v) is 4.69. The van der Waals surface area contributed by atoms with E-state index in [2.05, 4.69) is 15.1 Å². The first-order valence-corrected chi connectivity index (χ1v) is 9.58. The highest BCUT2D eigenvalue weighted by atomic mass is 32.2. The van der Waals surface area contributed by atoms with E-state index in [1.54, 1.807) is 16.4 Å². The number of benzene rings is 1. The Hall–Kier alpha value is -1.86. The Labute approximate surface area is 143 Å². The quantitative estimate of drug-likeness (QED) is 0.923. The maximum Gasteiger partial charge on any atom is 0.243 e. The monoisotopic (exact) mass is 348 g/mol. The van der Waals surface area contributed by atoms with Gasteiger partial charge >= 0.3 is 0 Å². The molecule has 3 rings (SSSR count). The summed E-state index contributed by atoms with van der Waals surface area (Å²) in [7, 11) is -3.43. The van der Waals surface area contributed by atoms with Crippen molar-refractivity contribution in [2.24, 2.45) is 0 Å². The summed E-state index contributed by atoms with van der Waals surface area (Å²) in [5.41, 5.74) is 5.18. The van der Waals surface area contributed by atoms with Crippen LogP contribution >= 0.6 is 0 Å². The Morgan fingerprint density at radius 3 is 2.21 bits per heavy atom. The van der Waals surface area contributed by atoms with Crippen molar-refractivity contribution in [3.8, 4) is 0 Å².